The van der Waals surface area contributed by atoms with E-state index in [0.29, 0.717) is 26.1 Å². The van der Waals surface area contributed by atoms with Gasteiger partial charge in [-0.2, -0.15) is 18.3 Å². The topological polar surface area (TPSA) is 67.2 Å². The zero-order valence-corrected chi connectivity index (χ0v) is 21.0. The van der Waals surface area contributed by atoms with Crippen molar-refractivity contribution in [2.45, 2.75) is 11.1 Å². The molecule has 5 nitrogen and oxygen atoms in total. The second-order valence-electron chi connectivity index (χ2n) is 7.78. The molecule has 2 heterocycles. The summed E-state index contributed by atoms with van der Waals surface area (Å²) in [6, 6.07) is 24.1. The first-order chi connectivity index (χ1) is 17.7. The van der Waals surface area contributed by atoms with Gasteiger partial charge in [0.05, 0.1) is 10.6 Å². The third-order valence-corrected chi connectivity index (χ3v) is 7.32. The van der Waals surface area contributed by atoms with Crippen LogP contribution in [-0.2, 0) is 17.3 Å². The van der Waals surface area contributed by atoms with E-state index in [-0.39, 0.29) is 22.0 Å². The summed E-state index contributed by atoms with van der Waals surface area (Å²) in [6.45, 7) is 0. The van der Waals surface area contributed by atoms with Crippen LogP contribution < -0.4 is 4.74 Å². The van der Waals surface area contributed by atoms with E-state index in [4.69, 9.17) is 16.3 Å². The van der Waals surface area contributed by atoms with E-state index in [9.17, 15) is 21.9 Å². The molecule has 5 rings (SSSR count). The first kappa shape index (κ1) is 25.2. The smallest absolute Gasteiger partial charge is 0.435 e. The molecule has 5 aromatic rings. The molecular formula is C26H15ClF3N2O3S2-. The SMILES string of the molecule is O=S([O-])c1cccc(-c2ccc(-c3cc(C(F)(F)F)nn3-c3cc(Cl)ccc3Oc3ccccc3)s2)c1. The van der Waals surface area contributed by atoms with Crippen molar-refractivity contribution in [2.75, 3.05) is 0 Å². The minimum Gasteiger partial charge on any atom is -0.768 e. The quantitative estimate of drug-likeness (QED) is 0.198. The monoisotopic (exact) mass is 559 g/mol. The lowest BCUT2D eigenvalue weighted by molar-refractivity contribution is -0.141. The molecule has 0 saturated carbocycles. The van der Waals surface area contributed by atoms with Gasteiger partial charge in [-0.25, -0.2) is 4.68 Å². The van der Waals surface area contributed by atoms with Crippen LogP contribution >= 0.6 is 22.9 Å². The van der Waals surface area contributed by atoms with Crippen molar-refractivity contribution in [2.24, 2.45) is 0 Å². The van der Waals surface area contributed by atoms with Gasteiger partial charge in [-0.1, -0.05) is 41.9 Å². The number of rotatable bonds is 6. The van der Waals surface area contributed by atoms with Crippen LogP contribution in [-0.4, -0.2) is 18.5 Å². The van der Waals surface area contributed by atoms with Gasteiger partial charge in [0.1, 0.15) is 11.4 Å². The van der Waals surface area contributed by atoms with Gasteiger partial charge in [-0.05, 0) is 77.3 Å². The molecule has 11 heteroatoms. The Morgan fingerprint density at radius 3 is 2.41 bits per heavy atom. The number of nitrogens with zero attached hydrogens (tertiary/aromatic N) is 2. The van der Waals surface area contributed by atoms with Crippen molar-refractivity contribution in [3.05, 3.63) is 102 Å². The Balaban J connectivity index is 1.63. The highest BCUT2D eigenvalue weighted by atomic mass is 35.5. The van der Waals surface area contributed by atoms with Gasteiger partial charge >= 0.3 is 6.18 Å². The molecule has 0 N–H and O–H groups in total. The van der Waals surface area contributed by atoms with Crippen molar-refractivity contribution in [1.29, 1.82) is 0 Å². The maximum absolute atomic E-state index is 13.7. The molecule has 2 aromatic heterocycles. The molecular weight excluding hydrogens is 545 g/mol. The average Bonchev–Trinajstić information content (AvgIpc) is 3.53. The minimum absolute atomic E-state index is 0.110. The van der Waals surface area contributed by atoms with Crippen molar-refractivity contribution in [3.8, 4) is 38.2 Å². The van der Waals surface area contributed by atoms with E-state index in [1.165, 1.54) is 29.5 Å². The first-order valence-corrected chi connectivity index (χ1v) is 13.0. The summed E-state index contributed by atoms with van der Waals surface area (Å²) in [5.41, 5.74) is -0.0596. The van der Waals surface area contributed by atoms with Crippen LogP contribution in [0.3, 0.4) is 0 Å². The maximum atomic E-state index is 13.7. The third-order valence-electron chi connectivity index (χ3n) is 5.29. The van der Waals surface area contributed by atoms with E-state index in [0.717, 1.165) is 10.7 Å². The molecule has 0 bridgehead atoms. The zero-order valence-electron chi connectivity index (χ0n) is 18.6. The Morgan fingerprint density at radius 1 is 0.919 bits per heavy atom. The number of para-hydroxylation sites is 1. The number of hydrogen-bond acceptors (Lipinski definition) is 5. The molecule has 37 heavy (non-hydrogen) atoms. The number of ether oxygens (including phenoxy) is 1. The highest BCUT2D eigenvalue weighted by Crippen LogP contribution is 2.41. The van der Waals surface area contributed by atoms with Crippen molar-refractivity contribution < 1.29 is 26.7 Å². The second-order valence-corrected chi connectivity index (χ2v) is 10.2. The lowest BCUT2D eigenvalue weighted by atomic mass is 10.2. The van der Waals surface area contributed by atoms with E-state index in [2.05, 4.69) is 5.10 Å². The number of benzene rings is 3. The summed E-state index contributed by atoms with van der Waals surface area (Å²) in [6.07, 6.45) is -4.69. The molecule has 1 unspecified atom stereocenters. The summed E-state index contributed by atoms with van der Waals surface area (Å²) < 4.78 is 71.1. The highest BCUT2D eigenvalue weighted by molar-refractivity contribution is 7.79. The normalized spacial score (nSPS) is 12.5. The van der Waals surface area contributed by atoms with Crippen LogP contribution in [0.1, 0.15) is 5.69 Å². The molecule has 188 valence electrons. The van der Waals surface area contributed by atoms with Crippen molar-refractivity contribution >= 4 is 34.0 Å². The van der Waals surface area contributed by atoms with E-state index < -0.39 is 23.0 Å². The molecule has 3 aromatic carbocycles. The van der Waals surface area contributed by atoms with Crippen LogP contribution in [0.2, 0.25) is 5.02 Å². The standard InChI is InChI=1S/C26H16ClF3N2O3S2/c27-17-9-10-22(35-18-6-2-1-3-7-18)20(14-17)32-21(15-25(31-32)26(28,29)30)24-12-11-23(36-24)16-5-4-8-19(13-16)37(33)34/h1-15H,(H,33,34)/p-1. The summed E-state index contributed by atoms with van der Waals surface area (Å²) in [4.78, 5) is 1.27. The Hall–Kier alpha value is -3.44. The molecule has 1 atom stereocenters. The average molecular weight is 560 g/mol. The van der Waals surface area contributed by atoms with Crippen LogP contribution in [0.4, 0.5) is 13.2 Å². The van der Waals surface area contributed by atoms with Crippen LogP contribution in [0.15, 0.2) is 95.9 Å². The number of hydrogen-bond donors (Lipinski definition) is 0. The Bertz CT molecular complexity index is 1600. The molecule has 0 amide bonds. The summed E-state index contributed by atoms with van der Waals surface area (Å²) in [5.74, 6) is 0.751. The van der Waals surface area contributed by atoms with Gasteiger partial charge in [0.2, 0.25) is 0 Å². The molecule has 0 aliphatic rings. The Kier molecular flexibility index (Phi) is 6.91. The van der Waals surface area contributed by atoms with Gasteiger partial charge in [0, 0.05) is 14.8 Å². The molecule has 0 fully saturated rings. The van der Waals surface area contributed by atoms with Crippen LogP contribution in [0.5, 0.6) is 11.5 Å². The number of aromatic nitrogens is 2. The maximum Gasteiger partial charge on any atom is 0.435 e. The van der Waals surface area contributed by atoms with Crippen molar-refractivity contribution in [1.82, 2.24) is 9.78 Å². The lowest BCUT2D eigenvalue weighted by Gasteiger charge is -2.14. The van der Waals surface area contributed by atoms with Gasteiger partial charge < -0.3 is 9.29 Å². The zero-order chi connectivity index (χ0) is 26.2. The van der Waals surface area contributed by atoms with Gasteiger partial charge in [-0.3, -0.25) is 4.21 Å². The molecule has 0 aliphatic heterocycles. The van der Waals surface area contributed by atoms with Gasteiger partial charge in [0.15, 0.2) is 11.4 Å². The lowest BCUT2D eigenvalue weighted by Crippen LogP contribution is -2.08. The predicted molar refractivity (Wildman–Crippen MR) is 136 cm³/mol. The van der Waals surface area contributed by atoms with E-state index in [1.54, 1.807) is 60.7 Å². The van der Waals surface area contributed by atoms with Crippen LogP contribution in [0, 0.1) is 0 Å². The fourth-order valence-electron chi connectivity index (χ4n) is 3.62. The fraction of sp³-hybridized carbons (Fsp3) is 0.0385. The molecule has 0 aliphatic carbocycles. The molecule has 0 spiro atoms. The second kappa shape index (κ2) is 10.1. The predicted octanol–water partition coefficient (Wildman–Crippen LogP) is 7.97. The fourth-order valence-corrected chi connectivity index (χ4v) is 5.20. The van der Waals surface area contributed by atoms with Gasteiger partial charge in [0.25, 0.3) is 0 Å². The number of halogens is 4. The largest absolute Gasteiger partial charge is 0.768 e. The Morgan fingerprint density at radius 2 is 1.68 bits per heavy atom. The van der Waals surface area contributed by atoms with E-state index >= 15 is 0 Å². The first-order valence-electron chi connectivity index (χ1n) is 10.7. The van der Waals surface area contributed by atoms with Crippen molar-refractivity contribution in [3.63, 3.8) is 0 Å². The Labute approximate surface area is 221 Å². The third kappa shape index (κ3) is 5.47. The minimum atomic E-state index is -4.69. The summed E-state index contributed by atoms with van der Waals surface area (Å²) in [5, 5.41) is 4.16. The summed E-state index contributed by atoms with van der Waals surface area (Å²) in [7, 11) is 0. The van der Waals surface area contributed by atoms with Gasteiger partial charge in [-0.15, -0.1) is 11.3 Å². The molecule has 0 saturated heterocycles. The molecule has 0 radical (unpaired) electrons. The van der Waals surface area contributed by atoms with E-state index in [1.807, 2.05) is 6.07 Å². The number of thiophene rings is 1. The summed E-state index contributed by atoms with van der Waals surface area (Å²) >= 11 is 5.02. The highest BCUT2D eigenvalue weighted by Gasteiger charge is 2.36. The van der Waals surface area contributed by atoms with Crippen LogP contribution in [0.25, 0.3) is 26.7 Å². The number of alkyl halides is 3.